The summed E-state index contributed by atoms with van der Waals surface area (Å²) in [6, 6.07) is 15.8. The van der Waals surface area contributed by atoms with Crippen molar-refractivity contribution in [3.05, 3.63) is 64.7 Å². The van der Waals surface area contributed by atoms with Crippen molar-refractivity contribution >= 4 is 41.5 Å². The van der Waals surface area contributed by atoms with Crippen LogP contribution in [0.25, 0.3) is 0 Å². The molecule has 1 aliphatic rings. The highest BCUT2D eigenvalue weighted by atomic mass is 127. The minimum absolute atomic E-state index is 0. The minimum atomic E-state index is 0. The van der Waals surface area contributed by atoms with E-state index in [4.69, 9.17) is 21.1 Å². The maximum atomic E-state index is 6.19. The van der Waals surface area contributed by atoms with E-state index in [1.807, 2.05) is 43.4 Å². The Labute approximate surface area is 195 Å². The lowest BCUT2D eigenvalue weighted by atomic mass is 10.1. The lowest BCUT2D eigenvalue weighted by Crippen LogP contribution is -2.41. The lowest BCUT2D eigenvalue weighted by molar-refractivity contribution is 0.181. The summed E-state index contributed by atoms with van der Waals surface area (Å²) < 4.78 is 11.4. The summed E-state index contributed by atoms with van der Waals surface area (Å²) in [6.45, 7) is 3.79. The van der Waals surface area contributed by atoms with Crippen molar-refractivity contribution in [3.63, 3.8) is 0 Å². The van der Waals surface area contributed by atoms with Crippen molar-refractivity contribution in [2.45, 2.75) is 19.6 Å². The molecule has 0 amide bonds. The zero-order valence-electron chi connectivity index (χ0n) is 16.9. The van der Waals surface area contributed by atoms with Crippen LogP contribution in [-0.4, -0.2) is 44.7 Å². The number of rotatable bonds is 7. The van der Waals surface area contributed by atoms with Crippen LogP contribution in [0.3, 0.4) is 0 Å². The number of nitrogens with one attached hydrogen (secondary N) is 1. The molecule has 5 nitrogen and oxygen atoms in total. The predicted molar refractivity (Wildman–Crippen MR) is 129 cm³/mol. The summed E-state index contributed by atoms with van der Waals surface area (Å²) >= 11 is 6.19. The fourth-order valence-corrected chi connectivity index (χ4v) is 3.54. The van der Waals surface area contributed by atoms with Gasteiger partial charge in [0.2, 0.25) is 0 Å². The molecule has 1 unspecified atom stereocenters. The summed E-state index contributed by atoms with van der Waals surface area (Å²) in [7, 11) is 3.89. The molecule has 1 saturated heterocycles. The van der Waals surface area contributed by atoms with E-state index in [-0.39, 0.29) is 24.0 Å². The molecule has 7 heteroatoms. The number of hydrogen-bond acceptors (Lipinski definition) is 3. The van der Waals surface area contributed by atoms with Gasteiger partial charge in [-0.2, -0.15) is 0 Å². The zero-order chi connectivity index (χ0) is 19.8. The van der Waals surface area contributed by atoms with Crippen molar-refractivity contribution in [2.24, 2.45) is 10.9 Å². The van der Waals surface area contributed by atoms with Crippen molar-refractivity contribution < 1.29 is 9.47 Å². The fourth-order valence-electron chi connectivity index (χ4n) is 3.35. The maximum absolute atomic E-state index is 6.19. The molecule has 1 aliphatic heterocycles. The molecule has 0 aliphatic carbocycles. The van der Waals surface area contributed by atoms with Gasteiger partial charge in [0.05, 0.1) is 11.6 Å². The Bertz CT molecular complexity index is 797. The third-order valence-corrected chi connectivity index (χ3v) is 5.22. The van der Waals surface area contributed by atoms with E-state index in [1.54, 1.807) is 0 Å². The maximum Gasteiger partial charge on any atom is 0.193 e. The number of guanidine groups is 1. The average molecular weight is 530 g/mol. The molecule has 3 rings (SSSR count). The largest absolute Gasteiger partial charge is 0.487 e. The van der Waals surface area contributed by atoms with Crippen molar-refractivity contribution in [1.82, 2.24) is 10.2 Å². The van der Waals surface area contributed by atoms with Gasteiger partial charge in [-0.05, 0) is 29.7 Å². The summed E-state index contributed by atoms with van der Waals surface area (Å²) in [4.78, 5) is 6.59. The number of hydrogen-bond donors (Lipinski definition) is 1. The molecule has 0 bridgehead atoms. The Hall–Kier alpha value is -1.51. The molecule has 1 atom stereocenters. The second-order valence-electron chi connectivity index (χ2n) is 7.00. The molecule has 2 aromatic rings. The molecule has 1 heterocycles. The molecule has 29 heavy (non-hydrogen) atoms. The van der Waals surface area contributed by atoms with Crippen LogP contribution >= 0.6 is 35.6 Å². The number of aliphatic imine (C=N–C) groups is 1. The van der Waals surface area contributed by atoms with Crippen molar-refractivity contribution in [2.75, 3.05) is 33.9 Å². The highest BCUT2D eigenvalue weighted by molar-refractivity contribution is 14.0. The SMILES string of the molecule is CN=C(NCc1ccccc1COc1ccccc1Cl)N(C)CC1CCOC1.I. The third kappa shape index (κ3) is 7.04. The molecule has 0 spiro atoms. The third-order valence-electron chi connectivity index (χ3n) is 4.90. The van der Waals surface area contributed by atoms with Crippen molar-refractivity contribution in [3.8, 4) is 5.75 Å². The van der Waals surface area contributed by atoms with Gasteiger partial charge in [0.25, 0.3) is 0 Å². The summed E-state index contributed by atoms with van der Waals surface area (Å²) in [5.41, 5.74) is 2.30. The van der Waals surface area contributed by atoms with E-state index in [0.717, 1.165) is 37.7 Å². The Morgan fingerprint density at radius 2 is 1.93 bits per heavy atom. The van der Waals surface area contributed by atoms with Crippen LogP contribution in [0, 0.1) is 5.92 Å². The van der Waals surface area contributed by atoms with Gasteiger partial charge in [-0.25, -0.2) is 0 Å². The Morgan fingerprint density at radius 3 is 2.62 bits per heavy atom. The molecule has 1 N–H and O–H groups in total. The molecule has 1 fully saturated rings. The standard InChI is InChI=1S/C22H28ClN3O2.HI/c1-24-22(26(2)14-17-11-12-27-15-17)25-13-18-7-3-4-8-19(18)16-28-21-10-6-5-9-20(21)23;/h3-10,17H,11-16H2,1-2H3,(H,24,25);1H. The normalized spacial score (nSPS) is 16.2. The molecule has 158 valence electrons. The molecular formula is C22H29ClIN3O2. The first kappa shape index (κ1) is 23.8. The second kappa shape index (κ2) is 12.2. The van der Waals surface area contributed by atoms with Gasteiger partial charge in [0.15, 0.2) is 5.96 Å². The van der Waals surface area contributed by atoms with E-state index in [2.05, 4.69) is 34.4 Å². The Morgan fingerprint density at radius 1 is 1.21 bits per heavy atom. The first-order chi connectivity index (χ1) is 13.7. The van der Waals surface area contributed by atoms with E-state index >= 15 is 0 Å². The smallest absolute Gasteiger partial charge is 0.193 e. The number of halogens is 2. The van der Waals surface area contributed by atoms with E-state index in [0.29, 0.717) is 29.8 Å². The molecule has 2 aromatic carbocycles. The minimum Gasteiger partial charge on any atom is -0.487 e. The van der Waals surface area contributed by atoms with E-state index in [1.165, 1.54) is 5.56 Å². The van der Waals surface area contributed by atoms with Crippen LogP contribution in [0.2, 0.25) is 5.02 Å². The van der Waals surface area contributed by atoms with Gasteiger partial charge >= 0.3 is 0 Å². The van der Waals surface area contributed by atoms with Crippen LogP contribution in [0.15, 0.2) is 53.5 Å². The van der Waals surface area contributed by atoms with Crippen LogP contribution in [0.1, 0.15) is 17.5 Å². The second-order valence-corrected chi connectivity index (χ2v) is 7.41. The predicted octanol–water partition coefficient (Wildman–Crippen LogP) is 4.58. The Kier molecular flexibility index (Phi) is 10.0. The van der Waals surface area contributed by atoms with Crippen LogP contribution in [-0.2, 0) is 17.9 Å². The van der Waals surface area contributed by atoms with Gasteiger partial charge in [-0.15, -0.1) is 24.0 Å². The first-order valence-corrected chi connectivity index (χ1v) is 9.99. The highest BCUT2D eigenvalue weighted by Gasteiger charge is 2.19. The fraction of sp³-hybridized carbons (Fsp3) is 0.409. The zero-order valence-corrected chi connectivity index (χ0v) is 20.0. The molecule has 0 aromatic heterocycles. The summed E-state index contributed by atoms with van der Waals surface area (Å²) in [5, 5.41) is 4.08. The van der Waals surface area contributed by atoms with Crippen LogP contribution in [0.4, 0.5) is 0 Å². The average Bonchev–Trinajstić information content (AvgIpc) is 3.21. The van der Waals surface area contributed by atoms with Gasteiger partial charge in [-0.1, -0.05) is 48.0 Å². The highest BCUT2D eigenvalue weighted by Crippen LogP contribution is 2.24. The van der Waals surface area contributed by atoms with Crippen molar-refractivity contribution in [1.29, 1.82) is 0 Å². The molecule has 0 saturated carbocycles. The number of para-hydroxylation sites is 1. The van der Waals surface area contributed by atoms with Gasteiger partial charge in [0, 0.05) is 39.7 Å². The summed E-state index contributed by atoms with van der Waals surface area (Å²) in [6.07, 6.45) is 1.11. The van der Waals surface area contributed by atoms with E-state index < -0.39 is 0 Å². The van der Waals surface area contributed by atoms with Gasteiger partial charge in [-0.3, -0.25) is 4.99 Å². The van der Waals surface area contributed by atoms with Crippen LogP contribution in [0.5, 0.6) is 5.75 Å². The number of ether oxygens (including phenoxy) is 2. The van der Waals surface area contributed by atoms with E-state index in [9.17, 15) is 0 Å². The van der Waals surface area contributed by atoms with Gasteiger partial charge in [0.1, 0.15) is 12.4 Å². The summed E-state index contributed by atoms with van der Waals surface area (Å²) in [5.74, 6) is 2.15. The monoisotopic (exact) mass is 529 g/mol. The van der Waals surface area contributed by atoms with Gasteiger partial charge < -0.3 is 19.7 Å². The molecular weight excluding hydrogens is 501 g/mol. The lowest BCUT2D eigenvalue weighted by Gasteiger charge is -2.25. The van der Waals surface area contributed by atoms with Crippen LogP contribution < -0.4 is 10.1 Å². The topological polar surface area (TPSA) is 46.1 Å². The Balaban J connectivity index is 0.00000300. The molecule has 0 radical (unpaired) electrons. The quantitative estimate of drug-likeness (QED) is 0.324. The first-order valence-electron chi connectivity index (χ1n) is 9.61. The number of benzene rings is 2. The number of nitrogens with zero attached hydrogens (tertiary/aromatic N) is 2.